The Balaban J connectivity index is 2.15. The van der Waals surface area contributed by atoms with Gasteiger partial charge in [-0.3, -0.25) is 4.98 Å². The Kier molecular flexibility index (Phi) is 2.73. The van der Waals surface area contributed by atoms with Crippen LogP contribution in [0.2, 0.25) is 0 Å². The molecule has 4 heteroatoms. The van der Waals surface area contributed by atoms with E-state index < -0.39 is 6.03 Å². The number of carbonyl (C=O) groups is 1. The fourth-order valence-electron chi connectivity index (χ4n) is 2.97. The van der Waals surface area contributed by atoms with E-state index in [1.54, 1.807) is 0 Å². The van der Waals surface area contributed by atoms with E-state index in [9.17, 15) is 4.79 Å². The molecule has 96 valence electrons. The third-order valence-electron chi connectivity index (χ3n) is 3.92. The maximum Gasteiger partial charge on any atom is 0.316 e. The summed E-state index contributed by atoms with van der Waals surface area (Å²) in [6.45, 7) is 2.12. The number of rotatable bonds is 3. The smallest absolute Gasteiger partial charge is 0.316 e. The fraction of sp³-hybridized carbons (Fsp3) is 0.571. The molecule has 0 bridgehead atoms. The number of amides is 2. The minimum Gasteiger partial charge on any atom is -0.351 e. The first kappa shape index (κ1) is 11.5. The summed E-state index contributed by atoms with van der Waals surface area (Å²) >= 11 is 0. The summed E-state index contributed by atoms with van der Waals surface area (Å²) in [5.41, 5.74) is 11.1. The Bertz CT molecular complexity index is 506. The van der Waals surface area contributed by atoms with E-state index in [1.807, 2.05) is 0 Å². The van der Waals surface area contributed by atoms with Gasteiger partial charge in [-0.05, 0) is 49.7 Å². The first-order valence-corrected chi connectivity index (χ1v) is 6.81. The number of aromatic nitrogens is 1. The van der Waals surface area contributed by atoms with Crippen molar-refractivity contribution in [2.75, 3.05) is 5.32 Å². The van der Waals surface area contributed by atoms with Gasteiger partial charge < -0.3 is 11.1 Å². The van der Waals surface area contributed by atoms with Gasteiger partial charge in [-0.2, -0.15) is 0 Å². The molecule has 18 heavy (non-hydrogen) atoms. The van der Waals surface area contributed by atoms with Crippen molar-refractivity contribution in [2.24, 2.45) is 5.73 Å². The van der Waals surface area contributed by atoms with Crippen LogP contribution in [-0.2, 0) is 19.3 Å². The van der Waals surface area contributed by atoms with Crippen molar-refractivity contribution in [1.82, 2.24) is 4.98 Å². The summed E-state index contributed by atoms with van der Waals surface area (Å²) in [4.78, 5) is 16.1. The number of anilines is 1. The topological polar surface area (TPSA) is 68.0 Å². The highest BCUT2D eigenvalue weighted by molar-refractivity contribution is 5.90. The van der Waals surface area contributed by atoms with Crippen LogP contribution < -0.4 is 11.1 Å². The van der Waals surface area contributed by atoms with Crippen LogP contribution in [0.4, 0.5) is 10.5 Å². The lowest BCUT2D eigenvalue weighted by Crippen LogP contribution is -2.22. The van der Waals surface area contributed by atoms with Gasteiger partial charge in [0.2, 0.25) is 0 Å². The molecular formula is C14H19N3O. The summed E-state index contributed by atoms with van der Waals surface area (Å²) in [5, 5.41) is 2.85. The Morgan fingerprint density at radius 3 is 2.83 bits per heavy atom. The second-order valence-electron chi connectivity index (χ2n) is 5.25. The average molecular weight is 245 g/mol. The molecule has 1 heterocycles. The van der Waals surface area contributed by atoms with Gasteiger partial charge in [0.25, 0.3) is 0 Å². The van der Waals surface area contributed by atoms with Crippen molar-refractivity contribution in [3.63, 3.8) is 0 Å². The molecule has 1 saturated carbocycles. The number of primary amides is 1. The molecule has 1 aromatic heterocycles. The number of hydrogen-bond donors (Lipinski definition) is 2. The predicted molar refractivity (Wildman–Crippen MR) is 70.8 cm³/mol. The summed E-state index contributed by atoms with van der Waals surface area (Å²) in [5.74, 6) is 0.610. The van der Waals surface area contributed by atoms with Gasteiger partial charge in [0.05, 0.1) is 5.69 Å². The minimum atomic E-state index is -0.466. The van der Waals surface area contributed by atoms with Crippen LogP contribution in [0.3, 0.4) is 0 Å². The number of pyridine rings is 1. The van der Waals surface area contributed by atoms with Gasteiger partial charge in [-0.25, -0.2) is 4.79 Å². The lowest BCUT2D eigenvalue weighted by atomic mass is 10.00. The van der Waals surface area contributed by atoms with E-state index in [2.05, 4.69) is 12.2 Å². The Hall–Kier alpha value is -1.58. The van der Waals surface area contributed by atoms with E-state index in [0.29, 0.717) is 5.92 Å². The molecule has 3 rings (SSSR count). The number of nitrogens with one attached hydrogen (secondary N) is 1. The van der Waals surface area contributed by atoms with Crippen molar-refractivity contribution in [3.8, 4) is 0 Å². The molecule has 2 aliphatic carbocycles. The number of aryl methyl sites for hydroxylation is 1. The van der Waals surface area contributed by atoms with Gasteiger partial charge >= 0.3 is 6.03 Å². The molecule has 0 aromatic carbocycles. The largest absolute Gasteiger partial charge is 0.351 e. The molecule has 1 aromatic rings. The SMILES string of the molecule is CCc1c(C2CC2)nc2c(c1NC(N)=O)CCC2. The van der Waals surface area contributed by atoms with Crippen LogP contribution in [0, 0.1) is 0 Å². The van der Waals surface area contributed by atoms with E-state index in [1.165, 1.54) is 35.4 Å². The van der Waals surface area contributed by atoms with E-state index >= 15 is 0 Å². The molecule has 3 N–H and O–H groups in total. The van der Waals surface area contributed by atoms with E-state index in [-0.39, 0.29) is 0 Å². The fourth-order valence-corrected chi connectivity index (χ4v) is 2.97. The Morgan fingerprint density at radius 2 is 2.22 bits per heavy atom. The summed E-state index contributed by atoms with van der Waals surface area (Å²) in [7, 11) is 0. The first-order valence-electron chi connectivity index (χ1n) is 6.81. The molecule has 0 aliphatic heterocycles. The van der Waals surface area contributed by atoms with Gasteiger partial charge in [0, 0.05) is 17.3 Å². The van der Waals surface area contributed by atoms with Crippen LogP contribution in [0.1, 0.15) is 54.6 Å². The highest BCUT2D eigenvalue weighted by Gasteiger charge is 2.31. The molecule has 1 fully saturated rings. The van der Waals surface area contributed by atoms with Crippen LogP contribution in [0.5, 0.6) is 0 Å². The van der Waals surface area contributed by atoms with Crippen LogP contribution >= 0.6 is 0 Å². The van der Waals surface area contributed by atoms with Crippen molar-refractivity contribution >= 4 is 11.7 Å². The Morgan fingerprint density at radius 1 is 1.44 bits per heavy atom. The first-order chi connectivity index (χ1) is 8.70. The number of fused-ring (bicyclic) bond motifs is 1. The van der Waals surface area contributed by atoms with Gasteiger partial charge in [0.1, 0.15) is 0 Å². The maximum absolute atomic E-state index is 11.2. The number of nitrogens with zero attached hydrogens (tertiary/aromatic N) is 1. The number of carbonyl (C=O) groups excluding carboxylic acids is 1. The monoisotopic (exact) mass is 245 g/mol. The predicted octanol–water partition coefficient (Wildman–Crippen LogP) is 2.50. The molecular weight excluding hydrogens is 226 g/mol. The molecule has 0 radical (unpaired) electrons. The quantitative estimate of drug-likeness (QED) is 0.859. The van der Waals surface area contributed by atoms with Gasteiger partial charge in [-0.1, -0.05) is 6.92 Å². The zero-order chi connectivity index (χ0) is 12.7. The molecule has 0 unspecified atom stereocenters. The summed E-state index contributed by atoms with van der Waals surface area (Å²) in [6, 6.07) is -0.466. The number of hydrogen-bond acceptors (Lipinski definition) is 2. The highest BCUT2D eigenvalue weighted by atomic mass is 16.2. The van der Waals surface area contributed by atoms with Crippen molar-refractivity contribution in [3.05, 3.63) is 22.5 Å². The van der Waals surface area contributed by atoms with Crippen molar-refractivity contribution < 1.29 is 4.79 Å². The lowest BCUT2D eigenvalue weighted by Gasteiger charge is -2.17. The zero-order valence-corrected chi connectivity index (χ0v) is 10.8. The van der Waals surface area contributed by atoms with E-state index in [0.717, 1.165) is 31.4 Å². The average Bonchev–Trinajstić information content (AvgIpc) is 3.06. The van der Waals surface area contributed by atoms with Gasteiger partial charge in [-0.15, -0.1) is 0 Å². The molecule has 2 amide bonds. The summed E-state index contributed by atoms with van der Waals surface area (Å²) < 4.78 is 0. The standard InChI is InChI=1S/C14H19N3O/c1-2-9-12(8-6-7-8)16-11-5-3-4-10(11)13(9)17-14(15)18/h8H,2-7H2,1H3,(H3,15,16,17,18). The second-order valence-corrected chi connectivity index (χ2v) is 5.25. The zero-order valence-electron chi connectivity index (χ0n) is 10.8. The normalized spacial score (nSPS) is 17.6. The van der Waals surface area contributed by atoms with Crippen molar-refractivity contribution in [2.45, 2.75) is 51.4 Å². The third-order valence-corrected chi connectivity index (χ3v) is 3.92. The van der Waals surface area contributed by atoms with E-state index in [4.69, 9.17) is 10.7 Å². The molecule has 0 saturated heterocycles. The van der Waals surface area contributed by atoms with Crippen molar-refractivity contribution in [1.29, 1.82) is 0 Å². The van der Waals surface area contributed by atoms with Gasteiger partial charge in [0.15, 0.2) is 0 Å². The van der Waals surface area contributed by atoms with Crippen LogP contribution in [-0.4, -0.2) is 11.0 Å². The number of nitrogens with two attached hydrogens (primary N) is 1. The molecule has 0 atom stereocenters. The Labute approximate surface area is 107 Å². The highest BCUT2D eigenvalue weighted by Crippen LogP contribution is 2.44. The number of urea groups is 1. The molecule has 2 aliphatic rings. The maximum atomic E-state index is 11.2. The third kappa shape index (κ3) is 1.85. The second kappa shape index (κ2) is 4.26. The van der Waals surface area contributed by atoms with Crippen LogP contribution in [0.15, 0.2) is 0 Å². The summed E-state index contributed by atoms with van der Waals surface area (Å²) in [6.07, 6.45) is 6.54. The molecule has 0 spiro atoms. The minimum absolute atomic E-state index is 0.466. The lowest BCUT2D eigenvalue weighted by molar-refractivity contribution is 0.259. The van der Waals surface area contributed by atoms with Crippen LogP contribution in [0.25, 0.3) is 0 Å². The molecule has 4 nitrogen and oxygen atoms in total.